The zero-order valence-corrected chi connectivity index (χ0v) is 37.8. The molecule has 0 amide bonds. The van der Waals surface area contributed by atoms with Crippen LogP contribution in [0.4, 0.5) is 0 Å². The van der Waals surface area contributed by atoms with Crippen molar-refractivity contribution in [3.05, 3.63) is 138 Å². The van der Waals surface area contributed by atoms with Crippen molar-refractivity contribution in [3.63, 3.8) is 0 Å². The Morgan fingerprint density at radius 3 is 1.74 bits per heavy atom. The van der Waals surface area contributed by atoms with Gasteiger partial charge in [0.05, 0.1) is 5.65 Å². The van der Waals surface area contributed by atoms with Crippen LogP contribution < -0.4 is 4.98 Å². The fourth-order valence-electron chi connectivity index (χ4n) is 7.58. The number of nitrogens with zero attached hydrogens (tertiary/aromatic N) is 4. The van der Waals surface area contributed by atoms with E-state index in [0.717, 1.165) is 61.3 Å². The summed E-state index contributed by atoms with van der Waals surface area (Å²) in [5, 5.41) is 3.42. The second kappa shape index (κ2) is 14.2. The van der Waals surface area contributed by atoms with Gasteiger partial charge in [-0.25, -0.2) is 0 Å². The predicted octanol–water partition coefficient (Wildman–Crippen LogP) is 13.7. The summed E-state index contributed by atoms with van der Waals surface area (Å²) in [7, 11) is 0. The van der Waals surface area contributed by atoms with Crippen LogP contribution in [-0.2, 0) is 42.7 Å². The van der Waals surface area contributed by atoms with Crippen LogP contribution in [0.3, 0.4) is 0 Å². The summed E-state index contributed by atoms with van der Waals surface area (Å²) in [6.45, 7) is 27.3. The molecule has 4 heterocycles. The third-order valence-corrected chi connectivity index (χ3v) is 11.2. The first-order chi connectivity index (χ1) is 26.2. The molecular formula is C52H54N4Pt. The van der Waals surface area contributed by atoms with E-state index >= 15 is 0 Å². The first-order valence-corrected chi connectivity index (χ1v) is 19.9. The molecule has 4 aromatic carbocycles. The molecule has 8 rings (SSSR count). The number of aromatic nitrogens is 4. The van der Waals surface area contributed by atoms with Crippen LogP contribution in [0.25, 0.3) is 72.3 Å². The second-order valence-corrected chi connectivity index (χ2v) is 19.7. The van der Waals surface area contributed by atoms with E-state index in [-0.39, 0.29) is 42.7 Å². The molecule has 0 aliphatic carbocycles. The molecule has 0 aliphatic rings. The van der Waals surface area contributed by atoms with Crippen molar-refractivity contribution >= 4 is 32.8 Å². The van der Waals surface area contributed by atoms with E-state index in [0.29, 0.717) is 0 Å². The molecule has 0 radical (unpaired) electrons. The molecule has 4 nitrogen and oxygen atoms in total. The summed E-state index contributed by atoms with van der Waals surface area (Å²) in [6.07, 6.45) is 1.85. The van der Waals surface area contributed by atoms with Crippen molar-refractivity contribution in [1.29, 1.82) is 0 Å². The van der Waals surface area contributed by atoms with Crippen LogP contribution in [-0.4, -0.2) is 14.5 Å². The molecule has 0 unspecified atom stereocenters. The van der Waals surface area contributed by atoms with E-state index in [1.807, 2.05) is 18.3 Å². The van der Waals surface area contributed by atoms with Crippen molar-refractivity contribution in [2.24, 2.45) is 0 Å². The van der Waals surface area contributed by atoms with Crippen LogP contribution in [0.15, 0.2) is 109 Å². The SMILES string of the molecule is CC(C)(C)c1cc(-c2cc(-c3ccccn3)[c-]c(-c3ccc4c5cc(C(C)(C)C)ccc5n(-c5cc6cc(C(C)(C)C)ccc6[n-]5)c4n3)c2)cc(C(C)(C)C)c1.[Pt+2]. The van der Waals surface area contributed by atoms with Gasteiger partial charge in [-0.05, 0) is 77.3 Å². The van der Waals surface area contributed by atoms with E-state index in [1.165, 1.54) is 33.2 Å². The van der Waals surface area contributed by atoms with Crippen LogP contribution in [0, 0.1) is 6.07 Å². The second-order valence-electron chi connectivity index (χ2n) is 19.7. The largest absolute Gasteiger partial charge is 2.00 e. The topological polar surface area (TPSA) is 44.8 Å². The maximum absolute atomic E-state index is 5.53. The Morgan fingerprint density at radius 2 is 1.12 bits per heavy atom. The summed E-state index contributed by atoms with van der Waals surface area (Å²) < 4.78 is 2.25. The summed E-state index contributed by atoms with van der Waals surface area (Å²) in [5.74, 6) is 0.875. The molecule has 57 heavy (non-hydrogen) atoms. The van der Waals surface area contributed by atoms with E-state index in [2.05, 4.69) is 185 Å². The Morgan fingerprint density at radius 1 is 0.526 bits per heavy atom. The van der Waals surface area contributed by atoms with Crippen molar-refractivity contribution in [2.45, 2.75) is 105 Å². The van der Waals surface area contributed by atoms with Gasteiger partial charge in [0.2, 0.25) is 0 Å². The molecule has 5 heteroatoms. The van der Waals surface area contributed by atoms with E-state index in [9.17, 15) is 0 Å². The molecule has 0 fully saturated rings. The normalized spacial score (nSPS) is 12.8. The zero-order valence-electron chi connectivity index (χ0n) is 35.5. The van der Waals surface area contributed by atoms with Gasteiger partial charge in [0.25, 0.3) is 0 Å². The quantitative estimate of drug-likeness (QED) is 0.165. The van der Waals surface area contributed by atoms with Gasteiger partial charge in [-0.15, -0.1) is 18.2 Å². The maximum Gasteiger partial charge on any atom is 2.00 e. The predicted molar refractivity (Wildman–Crippen MR) is 237 cm³/mol. The van der Waals surface area contributed by atoms with E-state index < -0.39 is 0 Å². The number of benzene rings is 4. The van der Waals surface area contributed by atoms with Crippen LogP contribution >= 0.6 is 0 Å². The smallest absolute Gasteiger partial charge is 0.435 e. The molecule has 0 saturated heterocycles. The molecule has 0 bridgehead atoms. The molecule has 4 aromatic heterocycles. The molecule has 292 valence electrons. The zero-order chi connectivity index (χ0) is 39.9. The molecular weight excluding hydrogens is 876 g/mol. The summed E-state index contributed by atoms with van der Waals surface area (Å²) in [6, 6.07) is 41.5. The van der Waals surface area contributed by atoms with Crippen LogP contribution in [0.2, 0.25) is 0 Å². The standard InChI is InChI=1S/C52H54N4.Pt/c1-49(2,3)37-16-19-44-36(28-37)29-47(54-44)56-46-21-17-38(50(4,5)6)31-42(46)41-18-20-45(55-48(41)56)35-24-32(23-34(25-35)43-15-13-14-22-53-43)33-26-39(51(7,8)9)30-40(27-33)52(10,11)12;/h13-24,26-31H,1-12H3;/q-2;+2. The van der Waals surface area contributed by atoms with Gasteiger partial charge in [-0.3, -0.25) is 9.97 Å². The molecule has 0 saturated carbocycles. The van der Waals surface area contributed by atoms with Crippen molar-refractivity contribution in [1.82, 2.24) is 19.5 Å². The van der Waals surface area contributed by atoms with E-state index in [4.69, 9.17) is 15.0 Å². The Balaban J connectivity index is 0.00000496. The summed E-state index contributed by atoms with van der Waals surface area (Å²) >= 11 is 0. The first-order valence-electron chi connectivity index (χ1n) is 19.9. The van der Waals surface area contributed by atoms with Gasteiger partial charge in [0.15, 0.2) is 0 Å². The molecule has 0 spiro atoms. The molecule has 0 atom stereocenters. The number of hydrogen-bond donors (Lipinski definition) is 0. The Hall–Kier alpha value is -4.79. The Bertz CT molecular complexity index is 2740. The van der Waals surface area contributed by atoms with Crippen LogP contribution in [0.1, 0.15) is 105 Å². The summed E-state index contributed by atoms with van der Waals surface area (Å²) in [4.78, 5) is 15.5. The fourth-order valence-corrected chi connectivity index (χ4v) is 7.58. The third kappa shape index (κ3) is 7.78. The minimum absolute atomic E-state index is 0. The minimum Gasteiger partial charge on any atom is -0.435 e. The van der Waals surface area contributed by atoms with Gasteiger partial charge in [0, 0.05) is 23.0 Å². The monoisotopic (exact) mass is 929 g/mol. The van der Waals surface area contributed by atoms with E-state index in [1.54, 1.807) is 0 Å². The van der Waals surface area contributed by atoms with Gasteiger partial charge in [-0.1, -0.05) is 191 Å². The molecule has 8 aromatic rings. The number of fused-ring (bicyclic) bond motifs is 4. The molecule has 0 aliphatic heterocycles. The average Bonchev–Trinajstić information content (AvgIpc) is 3.71. The summed E-state index contributed by atoms with van der Waals surface area (Å²) in [5.41, 5.74) is 14.1. The van der Waals surface area contributed by atoms with Crippen molar-refractivity contribution < 1.29 is 21.1 Å². The Labute approximate surface area is 353 Å². The number of rotatable bonds is 4. The third-order valence-electron chi connectivity index (χ3n) is 11.2. The number of pyridine rings is 2. The first kappa shape index (κ1) is 40.4. The van der Waals surface area contributed by atoms with Crippen LogP contribution in [0.5, 0.6) is 0 Å². The van der Waals surface area contributed by atoms with Gasteiger partial charge >= 0.3 is 21.1 Å². The maximum atomic E-state index is 5.53. The van der Waals surface area contributed by atoms with Crippen molar-refractivity contribution in [3.8, 4) is 39.5 Å². The molecule has 0 N–H and O–H groups in total. The average molecular weight is 930 g/mol. The van der Waals surface area contributed by atoms with Gasteiger partial charge in [-0.2, -0.15) is 0 Å². The minimum atomic E-state index is -0.00955. The Kier molecular flexibility index (Phi) is 10.1. The van der Waals surface area contributed by atoms with Gasteiger partial charge in [0.1, 0.15) is 0 Å². The fraction of sp³-hybridized carbons (Fsp3) is 0.308. The van der Waals surface area contributed by atoms with Gasteiger partial charge < -0.3 is 9.55 Å². The number of hydrogen-bond acceptors (Lipinski definition) is 2. The van der Waals surface area contributed by atoms with Crippen molar-refractivity contribution in [2.75, 3.05) is 0 Å².